The first kappa shape index (κ1) is 16.1. The number of aromatic nitrogens is 2. The number of carbonyl (C=O) groups is 1. The van der Waals surface area contributed by atoms with Crippen LogP contribution in [-0.4, -0.2) is 29.5 Å². The quantitative estimate of drug-likeness (QED) is 0.867. The zero-order valence-corrected chi connectivity index (χ0v) is 13.9. The standard InChI is InChI=1S/C16H20N4O4/c1-10-18-14(24-20-10)6-7-17-15(21)19-16(2,3)11-4-5-12-13(8-11)23-9-22-12/h4-5,8H,6-7,9H2,1-3H3,(H2,17,19,21). The molecular weight excluding hydrogens is 312 g/mol. The van der Waals surface area contributed by atoms with Crippen LogP contribution in [0.1, 0.15) is 31.1 Å². The van der Waals surface area contributed by atoms with Crippen molar-refractivity contribution in [3.05, 3.63) is 35.5 Å². The molecule has 1 aliphatic heterocycles. The average molecular weight is 332 g/mol. The summed E-state index contributed by atoms with van der Waals surface area (Å²) in [6.07, 6.45) is 0.485. The Morgan fingerprint density at radius 2 is 2.08 bits per heavy atom. The number of hydrogen-bond acceptors (Lipinski definition) is 6. The molecule has 0 saturated heterocycles. The number of urea groups is 1. The largest absolute Gasteiger partial charge is 0.454 e. The van der Waals surface area contributed by atoms with Crippen LogP contribution in [0.25, 0.3) is 0 Å². The van der Waals surface area contributed by atoms with Gasteiger partial charge in [0.15, 0.2) is 17.3 Å². The molecule has 0 spiro atoms. The lowest BCUT2D eigenvalue weighted by Gasteiger charge is -2.27. The average Bonchev–Trinajstić information content (AvgIpc) is 3.14. The van der Waals surface area contributed by atoms with Gasteiger partial charge in [-0.05, 0) is 38.5 Å². The molecule has 0 fully saturated rings. The lowest BCUT2D eigenvalue weighted by Crippen LogP contribution is -2.46. The minimum absolute atomic E-state index is 0.224. The van der Waals surface area contributed by atoms with Crippen molar-refractivity contribution in [2.45, 2.75) is 32.7 Å². The maximum atomic E-state index is 12.1. The SMILES string of the molecule is Cc1noc(CCNC(=O)NC(C)(C)c2ccc3c(c2)OCO3)n1. The minimum atomic E-state index is -0.563. The van der Waals surface area contributed by atoms with E-state index in [1.165, 1.54) is 0 Å². The van der Waals surface area contributed by atoms with Crippen molar-refractivity contribution in [3.8, 4) is 11.5 Å². The molecule has 0 radical (unpaired) electrons. The van der Waals surface area contributed by atoms with Crippen LogP contribution in [-0.2, 0) is 12.0 Å². The van der Waals surface area contributed by atoms with Gasteiger partial charge in [0, 0.05) is 13.0 Å². The van der Waals surface area contributed by atoms with Gasteiger partial charge in [-0.3, -0.25) is 0 Å². The van der Waals surface area contributed by atoms with Crippen LogP contribution in [0.2, 0.25) is 0 Å². The van der Waals surface area contributed by atoms with E-state index < -0.39 is 5.54 Å². The van der Waals surface area contributed by atoms with Crippen molar-refractivity contribution in [2.24, 2.45) is 0 Å². The zero-order valence-electron chi connectivity index (χ0n) is 13.9. The first-order valence-electron chi connectivity index (χ1n) is 7.69. The third kappa shape index (κ3) is 3.58. The van der Waals surface area contributed by atoms with Crippen molar-refractivity contribution >= 4 is 6.03 Å². The molecule has 1 aliphatic rings. The Morgan fingerprint density at radius 1 is 1.29 bits per heavy atom. The third-order valence-electron chi connectivity index (χ3n) is 3.71. The molecule has 8 heteroatoms. The normalized spacial score (nSPS) is 13.0. The Morgan fingerprint density at radius 3 is 2.83 bits per heavy atom. The predicted octanol–water partition coefficient (Wildman–Crippen LogP) is 1.88. The molecule has 3 rings (SSSR count). The molecule has 2 heterocycles. The number of rotatable bonds is 5. The number of ether oxygens (including phenoxy) is 2. The highest BCUT2D eigenvalue weighted by Gasteiger charge is 2.25. The molecule has 1 aromatic heterocycles. The minimum Gasteiger partial charge on any atom is -0.454 e. The molecule has 2 amide bonds. The zero-order chi connectivity index (χ0) is 17.2. The number of benzene rings is 1. The second-order valence-electron chi connectivity index (χ2n) is 6.06. The van der Waals surface area contributed by atoms with Crippen LogP contribution in [0, 0.1) is 6.92 Å². The lowest BCUT2D eigenvalue weighted by atomic mass is 9.94. The van der Waals surface area contributed by atoms with Crippen molar-refractivity contribution in [1.82, 2.24) is 20.8 Å². The van der Waals surface area contributed by atoms with E-state index in [1.807, 2.05) is 32.0 Å². The fraction of sp³-hybridized carbons (Fsp3) is 0.438. The molecular formula is C16H20N4O4. The van der Waals surface area contributed by atoms with E-state index in [-0.39, 0.29) is 12.8 Å². The number of hydrogen-bond donors (Lipinski definition) is 2. The number of amides is 2. The van der Waals surface area contributed by atoms with E-state index in [9.17, 15) is 4.79 Å². The van der Waals surface area contributed by atoms with Gasteiger partial charge < -0.3 is 24.6 Å². The molecule has 8 nitrogen and oxygen atoms in total. The number of nitrogens with one attached hydrogen (secondary N) is 2. The number of aryl methyl sites for hydroxylation is 1. The molecule has 2 aromatic rings. The number of carbonyl (C=O) groups excluding carboxylic acids is 1. The Hall–Kier alpha value is -2.77. The first-order chi connectivity index (χ1) is 11.4. The third-order valence-corrected chi connectivity index (χ3v) is 3.71. The maximum absolute atomic E-state index is 12.1. The van der Waals surface area contributed by atoms with Gasteiger partial charge in [0.25, 0.3) is 0 Å². The summed E-state index contributed by atoms with van der Waals surface area (Å²) in [5, 5.41) is 9.43. The van der Waals surface area contributed by atoms with Crippen molar-refractivity contribution in [3.63, 3.8) is 0 Å². The van der Waals surface area contributed by atoms with Crippen LogP contribution in [0.5, 0.6) is 11.5 Å². The summed E-state index contributed by atoms with van der Waals surface area (Å²) in [5.74, 6) is 2.49. The summed E-state index contributed by atoms with van der Waals surface area (Å²) in [6, 6.07) is 5.37. The summed E-state index contributed by atoms with van der Waals surface area (Å²) < 4.78 is 15.7. The van der Waals surface area contributed by atoms with Gasteiger partial charge in [-0.15, -0.1) is 0 Å². The predicted molar refractivity (Wildman–Crippen MR) is 84.9 cm³/mol. The Labute approximate surface area is 139 Å². The molecule has 0 unspecified atom stereocenters. The van der Waals surface area contributed by atoms with E-state index >= 15 is 0 Å². The second kappa shape index (κ2) is 6.38. The van der Waals surface area contributed by atoms with Crippen LogP contribution in [0.4, 0.5) is 4.79 Å². The lowest BCUT2D eigenvalue weighted by molar-refractivity contribution is 0.174. The monoisotopic (exact) mass is 332 g/mol. The summed E-state index contributed by atoms with van der Waals surface area (Å²) in [5.41, 5.74) is 0.362. The van der Waals surface area contributed by atoms with Gasteiger partial charge in [-0.2, -0.15) is 4.98 Å². The van der Waals surface area contributed by atoms with Crippen LogP contribution in [0.15, 0.2) is 22.7 Å². The van der Waals surface area contributed by atoms with Gasteiger partial charge in [-0.1, -0.05) is 11.2 Å². The highest BCUT2D eigenvalue weighted by molar-refractivity contribution is 5.75. The topological polar surface area (TPSA) is 98.5 Å². The summed E-state index contributed by atoms with van der Waals surface area (Å²) in [6.45, 7) is 6.23. The van der Waals surface area contributed by atoms with Gasteiger partial charge in [0.1, 0.15) is 0 Å². The summed E-state index contributed by atoms with van der Waals surface area (Å²) in [7, 11) is 0. The smallest absolute Gasteiger partial charge is 0.315 e. The van der Waals surface area contributed by atoms with E-state index in [0.717, 1.165) is 5.56 Å². The van der Waals surface area contributed by atoms with Crippen molar-refractivity contribution in [1.29, 1.82) is 0 Å². The van der Waals surface area contributed by atoms with Gasteiger partial charge in [-0.25, -0.2) is 4.79 Å². The van der Waals surface area contributed by atoms with Gasteiger partial charge >= 0.3 is 6.03 Å². The molecule has 2 N–H and O–H groups in total. The summed E-state index contributed by atoms with van der Waals surface area (Å²) >= 11 is 0. The van der Waals surface area contributed by atoms with Crippen molar-refractivity contribution in [2.75, 3.05) is 13.3 Å². The van der Waals surface area contributed by atoms with E-state index in [4.69, 9.17) is 14.0 Å². The van der Waals surface area contributed by atoms with Crippen LogP contribution < -0.4 is 20.1 Å². The highest BCUT2D eigenvalue weighted by atomic mass is 16.7. The Balaban J connectivity index is 1.54. The van der Waals surface area contributed by atoms with E-state index in [1.54, 1.807) is 6.92 Å². The van der Waals surface area contributed by atoms with E-state index in [2.05, 4.69) is 20.8 Å². The van der Waals surface area contributed by atoms with Gasteiger partial charge in [0.05, 0.1) is 5.54 Å². The van der Waals surface area contributed by atoms with Crippen LogP contribution >= 0.6 is 0 Å². The van der Waals surface area contributed by atoms with Crippen LogP contribution in [0.3, 0.4) is 0 Å². The maximum Gasteiger partial charge on any atom is 0.315 e. The fourth-order valence-corrected chi connectivity index (χ4v) is 2.41. The van der Waals surface area contributed by atoms with Gasteiger partial charge in [0.2, 0.25) is 12.7 Å². The fourth-order valence-electron chi connectivity index (χ4n) is 2.41. The Bertz CT molecular complexity index is 741. The summed E-state index contributed by atoms with van der Waals surface area (Å²) in [4.78, 5) is 16.2. The number of fused-ring (bicyclic) bond motifs is 1. The van der Waals surface area contributed by atoms with Crippen molar-refractivity contribution < 1.29 is 18.8 Å². The number of nitrogens with zero attached hydrogens (tertiary/aromatic N) is 2. The Kier molecular flexibility index (Phi) is 4.28. The molecule has 0 aliphatic carbocycles. The highest BCUT2D eigenvalue weighted by Crippen LogP contribution is 2.35. The molecule has 0 atom stereocenters. The van der Waals surface area contributed by atoms with E-state index in [0.29, 0.717) is 36.2 Å². The molecule has 0 bridgehead atoms. The molecule has 128 valence electrons. The first-order valence-corrected chi connectivity index (χ1v) is 7.69. The molecule has 1 aromatic carbocycles. The molecule has 24 heavy (non-hydrogen) atoms. The second-order valence-corrected chi connectivity index (χ2v) is 6.06. The molecule has 0 saturated carbocycles.